The summed E-state index contributed by atoms with van der Waals surface area (Å²) in [4.78, 5) is 25.5. The third-order valence-corrected chi connectivity index (χ3v) is 3.22. The second-order valence-corrected chi connectivity index (χ2v) is 4.93. The summed E-state index contributed by atoms with van der Waals surface area (Å²) in [5.41, 5.74) is 10.7. The fourth-order valence-electron chi connectivity index (χ4n) is 2.22. The summed E-state index contributed by atoms with van der Waals surface area (Å²) in [6.45, 7) is -0.226. The predicted molar refractivity (Wildman–Crippen MR) is 81.3 cm³/mol. The maximum atomic E-state index is 11.2. The smallest absolute Gasteiger partial charge is 0.370 e. The molecule has 0 aliphatic carbocycles. The molecule has 0 aromatic rings. The number of aliphatic imine (C=N–C) groups is 1. The van der Waals surface area contributed by atoms with E-state index in [2.05, 4.69) is 10.3 Å². The van der Waals surface area contributed by atoms with Crippen molar-refractivity contribution in [1.82, 2.24) is 5.32 Å². The summed E-state index contributed by atoms with van der Waals surface area (Å²) in [6.07, 6.45) is -2.21. The van der Waals surface area contributed by atoms with Crippen molar-refractivity contribution in [2.45, 2.75) is 30.4 Å². The zero-order chi connectivity index (χ0) is 18.3. The van der Waals surface area contributed by atoms with E-state index in [4.69, 9.17) is 26.0 Å². The molecule has 4 unspecified atom stereocenters. The number of ether oxygens (including phenoxy) is 2. The number of rotatable bonds is 8. The molecule has 0 fully saturated rings. The second kappa shape index (κ2) is 10.9. The average Bonchev–Trinajstić information content (AvgIpc) is 2.51. The molecule has 1 rings (SSSR count). The van der Waals surface area contributed by atoms with Gasteiger partial charge < -0.3 is 41.6 Å². The van der Waals surface area contributed by atoms with Gasteiger partial charge in [0.05, 0.1) is 24.9 Å². The van der Waals surface area contributed by atoms with Gasteiger partial charge >= 0.3 is 5.97 Å². The Hall–Kier alpha value is -1.90. The van der Waals surface area contributed by atoms with Crippen molar-refractivity contribution >= 4 is 17.9 Å². The fourth-order valence-corrected chi connectivity index (χ4v) is 2.22. The van der Waals surface area contributed by atoms with Gasteiger partial charge in [-0.3, -0.25) is 0 Å². The van der Waals surface area contributed by atoms with Crippen molar-refractivity contribution in [3.8, 4) is 0 Å². The molecule has 0 saturated heterocycles. The number of aliphatic hydroxyl groups excluding tert-OH is 2. The average molecular weight is 528 g/mol. The van der Waals surface area contributed by atoms with Crippen LogP contribution in [0.5, 0.6) is 0 Å². The molecular weight excluding hydrogens is 508 g/mol. The number of nitrogens with zero attached hydrogens (tertiary/aromatic N) is 1. The molecule has 0 saturated carbocycles. The number of hydrogen-bond acceptors (Lipinski definition) is 8. The van der Waals surface area contributed by atoms with Crippen molar-refractivity contribution in [3.63, 3.8) is 0 Å². The Morgan fingerprint density at radius 3 is 2.68 bits per heavy atom. The molecule has 0 amide bonds. The van der Waals surface area contributed by atoms with Crippen LogP contribution in [0.3, 0.4) is 0 Å². The van der Waals surface area contributed by atoms with Gasteiger partial charge in [-0.05, 0) is 6.08 Å². The van der Waals surface area contributed by atoms with Crippen molar-refractivity contribution < 1.29 is 55.4 Å². The Morgan fingerprint density at radius 1 is 1.56 bits per heavy atom. The van der Waals surface area contributed by atoms with Crippen LogP contribution in [0.4, 0.5) is 0 Å². The first-order valence-corrected chi connectivity index (χ1v) is 6.82. The zero-order valence-corrected chi connectivity index (χ0v) is 16.2. The Balaban J connectivity index is 0.00000576. The molecule has 25 heavy (non-hydrogen) atoms. The van der Waals surface area contributed by atoms with E-state index >= 15 is 0 Å². The van der Waals surface area contributed by atoms with E-state index in [0.29, 0.717) is 0 Å². The van der Waals surface area contributed by atoms with Gasteiger partial charge in [0.1, 0.15) is 24.3 Å². The molecule has 140 valence electrons. The van der Waals surface area contributed by atoms with Gasteiger partial charge in [0, 0.05) is 28.2 Å². The maximum Gasteiger partial charge on any atom is 0.370 e. The SMILES string of the molecule is COCC(O)C(O)[C@@H]1OC(C(=O)O)=CC(N=C(N)N)C1NC=C=O.[W]. The number of carbonyl (C=O) groups is 1. The number of nitrogens with one attached hydrogen (secondary N) is 1. The number of carboxylic acid groups (broad SMARTS) is 1. The predicted octanol–water partition coefficient (Wildman–Crippen LogP) is -3.34. The van der Waals surface area contributed by atoms with Gasteiger partial charge in [-0.1, -0.05) is 0 Å². The van der Waals surface area contributed by atoms with Crippen molar-refractivity contribution in [1.29, 1.82) is 0 Å². The van der Waals surface area contributed by atoms with E-state index in [0.717, 1.165) is 12.3 Å². The van der Waals surface area contributed by atoms with E-state index in [1.165, 1.54) is 13.1 Å². The number of hydrogen-bond donors (Lipinski definition) is 6. The van der Waals surface area contributed by atoms with Crippen LogP contribution in [-0.2, 0) is 40.1 Å². The van der Waals surface area contributed by atoms with Crippen LogP contribution in [0, 0.1) is 0 Å². The van der Waals surface area contributed by atoms with Crippen molar-refractivity contribution in [2.24, 2.45) is 16.5 Å². The third-order valence-electron chi connectivity index (χ3n) is 3.22. The summed E-state index contributed by atoms with van der Waals surface area (Å²) in [5, 5.41) is 31.8. The van der Waals surface area contributed by atoms with Gasteiger partial charge in [-0.15, -0.1) is 0 Å². The number of guanidine groups is 1. The summed E-state index contributed by atoms with van der Waals surface area (Å²) < 4.78 is 9.97. The van der Waals surface area contributed by atoms with Crippen LogP contribution < -0.4 is 16.8 Å². The molecule has 0 radical (unpaired) electrons. The second-order valence-electron chi connectivity index (χ2n) is 4.93. The normalized spacial score (nSPS) is 24.3. The van der Waals surface area contributed by atoms with Gasteiger partial charge in [0.25, 0.3) is 0 Å². The quantitative estimate of drug-likeness (QED) is 0.106. The first-order valence-electron chi connectivity index (χ1n) is 6.82. The molecule has 11 nitrogen and oxygen atoms in total. The van der Waals surface area contributed by atoms with Crippen LogP contribution >= 0.6 is 0 Å². The molecule has 0 bridgehead atoms. The number of carboxylic acids is 1. The van der Waals surface area contributed by atoms with Crippen LogP contribution in [0.25, 0.3) is 0 Å². The summed E-state index contributed by atoms with van der Waals surface area (Å²) in [5.74, 6) is -0.776. The Bertz CT molecular complexity index is 561. The standard InChI is InChI=1S/C13H20N4O7.W/c1-23-5-7(19)10(20)11-9(16-2-3-18)6(17-13(14)15)4-8(24-11)12(21)22;/h2,4,6-7,9-11,16,19-20H,5H2,1H3,(H,21,22)(H4,14,15,17);/t6?,7?,9?,10?,11-;/m1./s1. The van der Waals surface area contributed by atoms with E-state index in [-0.39, 0.29) is 33.6 Å². The van der Waals surface area contributed by atoms with Crippen LogP contribution in [0.15, 0.2) is 23.0 Å². The summed E-state index contributed by atoms with van der Waals surface area (Å²) in [6, 6.07) is -1.92. The fraction of sp³-hybridized carbons (Fsp3) is 0.538. The molecule has 1 heterocycles. The summed E-state index contributed by atoms with van der Waals surface area (Å²) >= 11 is 0. The molecule has 0 aromatic carbocycles. The van der Waals surface area contributed by atoms with Crippen molar-refractivity contribution in [2.75, 3.05) is 13.7 Å². The number of aliphatic carboxylic acids is 1. The molecule has 8 N–H and O–H groups in total. The van der Waals surface area contributed by atoms with E-state index in [1.54, 1.807) is 0 Å². The van der Waals surface area contributed by atoms with Crippen LogP contribution in [0.1, 0.15) is 0 Å². The maximum absolute atomic E-state index is 11.2. The van der Waals surface area contributed by atoms with E-state index in [1.807, 2.05) is 0 Å². The van der Waals surface area contributed by atoms with Crippen LogP contribution in [0.2, 0.25) is 0 Å². The minimum Gasteiger partial charge on any atom is -0.478 e. The van der Waals surface area contributed by atoms with Crippen molar-refractivity contribution in [3.05, 3.63) is 18.0 Å². The molecule has 1 aliphatic rings. The Labute approximate surface area is 157 Å². The van der Waals surface area contributed by atoms with Gasteiger partial charge in [0.15, 0.2) is 5.96 Å². The Morgan fingerprint density at radius 2 is 2.20 bits per heavy atom. The largest absolute Gasteiger partial charge is 0.478 e. The number of carbonyl (C=O) groups excluding carboxylic acids is 1. The number of aliphatic hydroxyl groups is 2. The monoisotopic (exact) mass is 528 g/mol. The first-order chi connectivity index (χ1) is 11.3. The van der Waals surface area contributed by atoms with Gasteiger partial charge in [-0.2, -0.15) is 0 Å². The molecule has 0 spiro atoms. The summed E-state index contributed by atoms with van der Waals surface area (Å²) in [7, 11) is 1.31. The van der Waals surface area contributed by atoms with Gasteiger partial charge in [0.2, 0.25) is 5.76 Å². The Kier molecular flexibility index (Phi) is 10.0. The zero-order valence-electron chi connectivity index (χ0n) is 13.2. The molecule has 0 aromatic heterocycles. The van der Waals surface area contributed by atoms with E-state index < -0.39 is 42.1 Å². The molecular formula is C13H20N4O7W. The van der Waals surface area contributed by atoms with E-state index in [9.17, 15) is 19.8 Å². The molecule has 5 atom stereocenters. The third kappa shape index (κ3) is 6.49. The van der Waals surface area contributed by atoms with Crippen LogP contribution in [-0.4, -0.2) is 77.3 Å². The molecule has 12 heteroatoms. The number of methoxy groups -OCH3 is 1. The minimum atomic E-state index is -1.55. The number of nitrogens with two attached hydrogens (primary N) is 2. The minimum absolute atomic E-state index is 0. The topological polar surface area (TPSA) is 190 Å². The first kappa shape index (κ1) is 23.1. The molecule has 1 aliphatic heterocycles. The van der Waals surface area contributed by atoms with Gasteiger partial charge in [-0.25, -0.2) is 14.6 Å².